The lowest BCUT2D eigenvalue weighted by Crippen LogP contribution is -2.50. The van der Waals surface area contributed by atoms with Gasteiger partial charge in [-0.1, -0.05) is 43.1 Å². The van der Waals surface area contributed by atoms with Crippen molar-refractivity contribution in [3.05, 3.63) is 57.1 Å². The maximum Gasteiger partial charge on any atom is 0.342 e. The molecule has 0 radical (unpaired) electrons. The quantitative estimate of drug-likeness (QED) is 0.608. The molecule has 1 saturated heterocycles. The highest BCUT2D eigenvalue weighted by molar-refractivity contribution is 7.90. The smallest absolute Gasteiger partial charge is 0.342 e. The van der Waals surface area contributed by atoms with Gasteiger partial charge in [-0.05, 0) is 29.7 Å². The summed E-state index contributed by atoms with van der Waals surface area (Å²) in [4.78, 5) is 25.4. The van der Waals surface area contributed by atoms with Crippen LogP contribution < -0.4 is 10.1 Å². The molecule has 32 heavy (non-hydrogen) atoms. The van der Waals surface area contributed by atoms with Crippen molar-refractivity contribution in [1.82, 2.24) is 9.62 Å². The number of carbonyl (C=O) groups excluding carboxylic acids is 2. The predicted octanol–water partition coefficient (Wildman–Crippen LogP) is 3.43. The maximum absolute atomic E-state index is 13.2. The summed E-state index contributed by atoms with van der Waals surface area (Å²) >= 11 is 12.0. The van der Waals surface area contributed by atoms with Crippen molar-refractivity contribution in [3.8, 4) is 5.75 Å². The third kappa shape index (κ3) is 3.94. The van der Waals surface area contributed by atoms with Crippen LogP contribution in [-0.2, 0) is 14.8 Å². The van der Waals surface area contributed by atoms with Gasteiger partial charge in [0.15, 0.2) is 6.73 Å². The number of hydrogen-bond acceptors (Lipinski definition) is 7. The van der Waals surface area contributed by atoms with Crippen LogP contribution in [0.4, 0.5) is 0 Å². The Morgan fingerprint density at radius 3 is 2.44 bits per heavy atom. The summed E-state index contributed by atoms with van der Waals surface area (Å²) in [5.41, 5.74) is 0.497. The summed E-state index contributed by atoms with van der Waals surface area (Å²) in [5, 5.41) is 3.18. The van der Waals surface area contributed by atoms with E-state index in [1.54, 1.807) is 12.1 Å². The molecule has 1 N–H and O–H groups in total. The summed E-state index contributed by atoms with van der Waals surface area (Å²) in [6, 6.07) is 7.49. The van der Waals surface area contributed by atoms with Crippen LogP contribution in [0.3, 0.4) is 0 Å². The first-order valence-electron chi connectivity index (χ1n) is 9.84. The van der Waals surface area contributed by atoms with Gasteiger partial charge in [-0.3, -0.25) is 4.79 Å². The summed E-state index contributed by atoms with van der Waals surface area (Å²) in [7, 11) is -4.25. The van der Waals surface area contributed by atoms with Crippen LogP contribution >= 0.6 is 23.2 Å². The van der Waals surface area contributed by atoms with E-state index in [0.29, 0.717) is 28.7 Å². The highest BCUT2D eigenvalue weighted by atomic mass is 35.5. The van der Waals surface area contributed by atoms with Crippen LogP contribution in [0.25, 0.3) is 0 Å². The zero-order valence-corrected chi connectivity index (χ0v) is 19.6. The summed E-state index contributed by atoms with van der Waals surface area (Å²) in [5.74, 6) is -1.48. The molecule has 0 aliphatic carbocycles. The minimum atomic E-state index is -4.25. The Kier molecular flexibility index (Phi) is 6.10. The number of rotatable bonds is 6. The van der Waals surface area contributed by atoms with Crippen molar-refractivity contribution in [2.24, 2.45) is 0 Å². The van der Waals surface area contributed by atoms with Crippen molar-refractivity contribution in [2.45, 2.75) is 30.8 Å². The minimum Gasteiger partial charge on any atom is -0.488 e. The number of halogens is 2. The molecule has 0 aromatic heterocycles. The van der Waals surface area contributed by atoms with Gasteiger partial charge in [-0.15, -0.1) is 0 Å². The molecular weight excluding hydrogens is 479 g/mol. The summed E-state index contributed by atoms with van der Waals surface area (Å²) < 4.78 is 37.8. The van der Waals surface area contributed by atoms with Gasteiger partial charge in [0.25, 0.3) is 15.9 Å². The van der Waals surface area contributed by atoms with Crippen LogP contribution in [0.15, 0.2) is 35.2 Å². The highest BCUT2D eigenvalue weighted by Crippen LogP contribution is 2.39. The average Bonchev–Trinajstić information content (AvgIpc) is 2.88. The van der Waals surface area contributed by atoms with Crippen LogP contribution in [0.2, 0.25) is 10.0 Å². The fourth-order valence-electron chi connectivity index (χ4n) is 3.47. The molecular formula is C21H20Cl2N2O6S. The Bertz CT molecular complexity index is 1190. The molecule has 1 fully saturated rings. The maximum atomic E-state index is 13.2. The third-order valence-electron chi connectivity index (χ3n) is 5.26. The second-order valence-electron chi connectivity index (χ2n) is 7.75. The molecule has 1 amide bonds. The molecule has 4 rings (SSSR count). The van der Waals surface area contributed by atoms with E-state index < -0.39 is 28.6 Å². The Morgan fingerprint density at radius 2 is 1.88 bits per heavy atom. The van der Waals surface area contributed by atoms with E-state index in [1.165, 1.54) is 18.2 Å². The van der Waals surface area contributed by atoms with Crippen LogP contribution in [0.5, 0.6) is 5.75 Å². The average molecular weight is 499 g/mol. The van der Waals surface area contributed by atoms with Crippen LogP contribution in [0, 0.1) is 0 Å². The van der Waals surface area contributed by atoms with Crippen molar-refractivity contribution in [3.63, 3.8) is 0 Å². The Morgan fingerprint density at radius 1 is 1.22 bits per heavy atom. The largest absolute Gasteiger partial charge is 0.488 e. The number of nitrogens with one attached hydrogen (secondary N) is 1. The molecule has 2 aromatic rings. The molecule has 2 heterocycles. The molecule has 0 spiro atoms. The lowest BCUT2D eigenvalue weighted by atomic mass is 9.96. The molecule has 2 aliphatic rings. The van der Waals surface area contributed by atoms with Crippen molar-refractivity contribution >= 4 is 45.1 Å². The van der Waals surface area contributed by atoms with Gasteiger partial charge in [0.1, 0.15) is 16.7 Å². The lowest BCUT2D eigenvalue weighted by Gasteiger charge is -2.28. The van der Waals surface area contributed by atoms with E-state index >= 15 is 0 Å². The molecule has 0 unspecified atom stereocenters. The monoisotopic (exact) mass is 498 g/mol. The number of nitrogens with zero attached hydrogens (tertiary/aromatic N) is 1. The minimum absolute atomic E-state index is 0.0516. The zero-order chi connectivity index (χ0) is 23.2. The molecule has 170 valence electrons. The topological polar surface area (TPSA) is 102 Å². The fourth-order valence-corrected chi connectivity index (χ4v) is 5.49. The first kappa shape index (κ1) is 22.8. The Labute approximate surface area is 195 Å². The number of esters is 1. The second-order valence-corrected chi connectivity index (χ2v) is 10.4. The number of carbonyl (C=O) groups is 2. The van der Waals surface area contributed by atoms with Gasteiger partial charge in [0, 0.05) is 19.2 Å². The zero-order valence-electron chi connectivity index (χ0n) is 17.2. The summed E-state index contributed by atoms with van der Waals surface area (Å²) in [6.45, 7) is 4.22. The predicted molar refractivity (Wildman–Crippen MR) is 118 cm³/mol. The Balaban J connectivity index is 1.64. The van der Waals surface area contributed by atoms with E-state index in [4.69, 9.17) is 32.7 Å². The fraction of sp³-hybridized carbons (Fsp3) is 0.333. The Hall–Kier alpha value is -2.33. The van der Waals surface area contributed by atoms with Crippen molar-refractivity contribution in [2.75, 3.05) is 19.8 Å². The van der Waals surface area contributed by atoms with E-state index in [1.807, 2.05) is 13.8 Å². The van der Waals surface area contributed by atoms with E-state index in [2.05, 4.69) is 5.32 Å². The number of fused-ring (bicyclic) bond motifs is 1. The molecule has 2 aromatic carbocycles. The van der Waals surface area contributed by atoms with Gasteiger partial charge in [0.2, 0.25) is 0 Å². The van der Waals surface area contributed by atoms with E-state index in [-0.39, 0.29) is 38.1 Å². The summed E-state index contributed by atoms with van der Waals surface area (Å²) in [6.07, 6.45) is -0.0645. The molecule has 0 saturated carbocycles. The van der Waals surface area contributed by atoms with Gasteiger partial charge >= 0.3 is 5.97 Å². The number of hydrogen-bond donors (Lipinski definition) is 1. The SMILES string of the molecule is CC(C)c1cc(OC2CNC2)cc2c1C(=O)N(COC(=O)c1c(Cl)cccc1Cl)S2(=O)=O. The standard InChI is InChI=1S/C21H20Cl2N2O6S/c1-11(2)14-6-12(31-13-8-24-9-13)7-17-18(14)20(26)25(32(17,28)29)10-30-21(27)19-15(22)4-3-5-16(19)23/h3-7,11,13,24H,8-10H2,1-2H3. The van der Waals surface area contributed by atoms with Crippen LogP contribution in [-0.4, -0.2) is 50.5 Å². The van der Waals surface area contributed by atoms with Crippen LogP contribution in [0.1, 0.15) is 46.0 Å². The van der Waals surface area contributed by atoms with Gasteiger partial charge in [0.05, 0.1) is 21.2 Å². The number of amides is 1. The second kappa shape index (κ2) is 8.55. The molecule has 0 bridgehead atoms. The van der Waals surface area contributed by atoms with Gasteiger partial charge in [-0.2, -0.15) is 4.31 Å². The normalized spacial score (nSPS) is 17.3. The molecule has 11 heteroatoms. The molecule has 0 atom stereocenters. The first-order chi connectivity index (χ1) is 15.1. The number of benzene rings is 2. The van der Waals surface area contributed by atoms with E-state index in [9.17, 15) is 18.0 Å². The molecule has 8 nitrogen and oxygen atoms in total. The first-order valence-corrected chi connectivity index (χ1v) is 12.0. The highest BCUT2D eigenvalue weighted by Gasteiger charge is 2.44. The lowest BCUT2D eigenvalue weighted by molar-refractivity contribution is 0.0358. The van der Waals surface area contributed by atoms with Gasteiger partial charge < -0.3 is 14.8 Å². The molecule has 2 aliphatic heterocycles. The van der Waals surface area contributed by atoms with Crippen molar-refractivity contribution in [1.29, 1.82) is 0 Å². The van der Waals surface area contributed by atoms with Gasteiger partial charge in [-0.25, -0.2) is 13.2 Å². The third-order valence-corrected chi connectivity index (χ3v) is 7.62. The number of ether oxygens (including phenoxy) is 2. The number of sulfonamides is 1. The van der Waals surface area contributed by atoms with Crippen molar-refractivity contribution < 1.29 is 27.5 Å². The van der Waals surface area contributed by atoms with E-state index in [0.717, 1.165) is 0 Å².